The van der Waals surface area contributed by atoms with E-state index < -0.39 is 0 Å². The van der Waals surface area contributed by atoms with Crippen LogP contribution in [0.15, 0.2) is 30.3 Å². The molecule has 4 nitrogen and oxygen atoms in total. The molecule has 0 aliphatic rings. The van der Waals surface area contributed by atoms with Crippen LogP contribution in [0.5, 0.6) is 0 Å². The SMILES string of the molecule is C#CCNC(=O)CNC(=O)c1ccccc1. The average Bonchev–Trinajstić information content (AvgIpc) is 2.34. The predicted octanol–water partition coefficient (Wildman–Crippen LogP) is 0.166. The molecule has 2 N–H and O–H groups in total. The van der Waals surface area contributed by atoms with Crippen molar-refractivity contribution < 1.29 is 9.59 Å². The summed E-state index contributed by atoms with van der Waals surface area (Å²) in [5.41, 5.74) is 0.521. The number of rotatable bonds is 4. The van der Waals surface area contributed by atoms with Crippen molar-refractivity contribution in [2.45, 2.75) is 0 Å². The molecule has 0 spiro atoms. The lowest BCUT2D eigenvalue weighted by atomic mass is 10.2. The minimum Gasteiger partial charge on any atom is -0.344 e. The summed E-state index contributed by atoms with van der Waals surface area (Å²) in [7, 11) is 0. The Balaban J connectivity index is 2.37. The first-order valence-corrected chi connectivity index (χ1v) is 4.77. The van der Waals surface area contributed by atoms with Gasteiger partial charge in [0.1, 0.15) is 0 Å². The zero-order chi connectivity index (χ0) is 11.8. The Morgan fingerprint density at radius 3 is 2.50 bits per heavy atom. The van der Waals surface area contributed by atoms with E-state index in [1.165, 1.54) is 0 Å². The average molecular weight is 216 g/mol. The van der Waals surface area contributed by atoms with Crippen LogP contribution in [0.2, 0.25) is 0 Å². The van der Waals surface area contributed by atoms with Crippen molar-refractivity contribution in [2.75, 3.05) is 13.1 Å². The molecule has 0 aliphatic heterocycles. The lowest BCUT2D eigenvalue weighted by Crippen LogP contribution is -2.36. The Labute approximate surface area is 94.0 Å². The maximum atomic E-state index is 11.5. The molecule has 0 bridgehead atoms. The summed E-state index contributed by atoms with van der Waals surface area (Å²) in [6, 6.07) is 8.68. The Morgan fingerprint density at radius 1 is 1.19 bits per heavy atom. The zero-order valence-corrected chi connectivity index (χ0v) is 8.69. The second kappa shape index (κ2) is 6.25. The molecule has 0 saturated carbocycles. The molecular weight excluding hydrogens is 204 g/mol. The third kappa shape index (κ3) is 3.84. The highest BCUT2D eigenvalue weighted by Gasteiger charge is 2.06. The number of amides is 2. The first-order valence-electron chi connectivity index (χ1n) is 4.77. The van der Waals surface area contributed by atoms with Crippen molar-refractivity contribution in [1.29, 1.82) is 0 Å². The van der Waals surface area contributed by atoms with E-state index in [2.05, 4.69) is 16.6 Å². The summed E-state index contributed by atoms with van der Waals surface area (Å²) in [5.74, 6) is 1.69. The van der Waals surface area contributed by atoms with Gasteiger partial charge in [-0.25, -0.2) is 0 Å². The van der Waals surface area contributed by atoms with Gasteiger partial charge in [0, 0.05) is 5.56 Å². The van der Waals surface area contributed by atoms with Crippen LogP contribution in [0.25, 0.3) is 0 Å². The van der Waals surface area contributed by atoms with Crippen LogP contribution in [0.1, 0.15) is 10.4 Å². The van der Waals surface area contributed by atoms with Crippen LogP contribution in [0.3, 0.4) is 0 Å². The smallest absolute Gasteiger partial charge is 0.251 e. The lowest BCUT2D eigenvalue weighted by molar-refractivity contribution is -0.119. The zero-order valence-electron chi connectivity index (χ0n) is 8.69. The van der Waals surface area contributed by atoms with E-state index in [9.17, 15) is 9.59 Å². The van der Waals surface area contributed by atoms with E-state index in [1.807, 2.05) is 6.07 Å². The predicted molar refractivity (Wildman–Crippen MR) is 60.6 cm³/mol. The molecule has 4 heteroatoms. The van der Waals surface area contributed by atoms with Gasteiger partial charge in [-0.1, -0.05) is 24.1 Å². The van der Waals surface area contributed by atoms with Crippen LogP contribution < -0.4 is 10.6 Å². The molecule has 1 rings (SSSR count). The molecule has 1 aromatic rings. The van der Waals surface area contributed by atoms with Gasteiger partial charge >= 0.3 is 0 Å². The van der Waals surface area contributed by atoms with Crippen LogP contribution in [0.4, 0.5) is 0 Å². The molecule has 0 unspecified atom stereocenters. The number of carbonyl (C=O) groups is 2. The lowest BCUT2D eigenvalue weighted by Gasteiger charge is -2.04. The molecule has 1 aromatic carbocycles. The van der Waals surface area contributed by atoms with E-state index in [0.717, 1.165) is 0 Å². The van der Waals surface area contributed by atoms with Gasteiger partial charge in [0.15, 0.2) is 0 Å². The molecule has 0 atom stereocenters. The minimum atomic E-state index is -0.303. The maximum absolute atomic E-state index is 11.5. The van der Waals surface area contributed by atoms with Crippen molar-refractivity contribution in [3.8, 4) is 12.3 Å². The van der Waals surface area contributed by atoms with Crippen LogP contribution in [-0.4, -0.2) is 24.9 Å². The highest BCUT2D eigenvalue weighted by atomic mass is 16.2. The van der Waals surface area contributed by atoms with Crippen molar-refractivity contribution in [2.24, 2.45) is 0 Å². The highest BCUT2D eigenvalue weighted by Crippen LogP contribution is 1.96. The largest absolute Gasteiger partial charge is 0.344 e. The van der Waals surface area contributed by atoms with Crippen molar-refractivity contribution in [3.05, 3.63) is 35.9 Å². The molecule has 0 radical (unpaired) electrons. The second-order valence-corrected chi connectivity index (χ2v) is 3.03. The number of terminal acetylenes is 1. The second-order valence-electron chi connectivity index (χ2n) is 3.03. The number of hydrogen-bond acceptors (Lipinski definition) is 2. The molecular formula is C12H12N2O2. The fourth-order valence-electron chi connectivity index (χ4n) is 1.06. The third-order valence-corrected chi connectivity index (χ3v) is 1.83. The monoisotopic (exact) mass is 216 g/mol. The molecule has 0 fully saturated rings. The Hall–Kier alpha value is -2.28. The summed E-state index contributed by atoms with van der Waals surface area (Å²) in [5, 5.41) is 4.94. The summed E-state index contributed by atoms with van der Waals surface area (Å²) in [6.07, 6.45) is 4.97. The quantitative estimate of drug-likeness (QED) is 0.705. The van der Waals surface area contributed by atoms with Gasteiger partial charge in [0.25, 0.3) is 5.91 Å². The topological polar surface area (TPSA) is 58.2 Å². The Bertz CT molecular complexity index is 407. The standard InChI is InChI=1S/C12H12N2O2/c1-2-8-13-11(15)9-14-12(16)10-6-4-3-5-7-10/h1,3-7H,8-9H2,(H,13,15)(H,14,16). The third-order valence-electron chi connectivity index (χ3n) is 1.83. The Morgan fingerprint density at radius 2 is 1.88 bits per heavy atom. The summed E-state index contributed by atoms with van der Waals surface area (Å²) < 4.78 is 0. The summed E-state index contributed by atoms with van der Waals surface area (Å²) >= 11 is 0. The van der Waals surface area contributed by atoms with Crippen LogP contribution >= 0.6 is 0 Å². The molecule has 2 amide bonds. The Kier molecular flexibility index (Phi) is 4.61. The van der Waals surface area contributed by atoms with Gasteiger partial charge in [-0.3, -0.25) is 9.59 Å². The van der Waals surface area contributed by atoms with E-state index in [4.69, 9.17) is 6.42 Å². The van der Waals surface area contributed by atoms with Gasteiger partial charge in [-0.2, -0.15) is 0 Å². The molecule has 0 aliphatic carbocycles. The fourth-order valence-corrected chi connectivity index (χ4v) is 1.06. The van der Waals surface area contributed by atoms with E-state index >= 15 is 0 Å². The molecule has 0 saturated heterocycles. The first kappa shape index (κ1) is 11.8. The molecule has 16 heavy (non-hydrogen) atoms. The van der Waals surface area contributed by atoms with Crippen molar-refractivity contribution in [3.63, 3.8) is 0 Å². The molecule has 0 aromatic heterocycles. The van der Waals surface area contributed by atoms with Gasteiger partial charge in [0.05, 0.1) is 13.1 Å². The van der Waals surface area contributed by atoms with E-state index in [-0.39, 0.29) is 24.9 Å². The van der Waals surface area contributed by atoms with Crippen LogP contribution in [0, 0.1) is 12.3 Å². The van der Waals surface area contributed by atoms with E-state index in [0.29, 0.717) is 5.56 Å². The molecule has 82 valence electrons. The maximum Gasteiger partial charge on any atom is 0.251 e. The minimum absolute atomic E-state index is 0.0740. The number of hydrogen-bond donors (Lipinski definition) is 2. The first-order chi connectivity index (χ1) is 7.74. The number of benzene rings is 1. The van der Waals surface area contributed by atoms with Gasteiger partial charge < -0.3 is 10.6 Å². The summed E-state index contributed by atoms with van der Waals surface area (Å²) in [6.45, 7) is 0.0927. The van der Waals surface area contributed by atoms with E-state index in [1.54, 1.807) is 24.3 Å². The van der Waals surface area contributed by atoms with Crippen molar-refractivity contribution in [1.82, 2.24) is 10.6 Å². The highest BCUT2D eigenvalue weighted by molar-refractivity contribution is 5.96. The van der Waals surface area contributed by atoms with Crippen LogP contribution in [-0.2, 0) is 4.79 Å². The van der Waals surface area contributed by atoms with Gasteiger partial charge in [-0.15, -0.1) is 6.42 Å². The van der Waals surface area contributed by atoms with Crippen molar-refractivity contribution >= 4 is 11.8 Å². The van der Waals surface area contributed by atoms with Gasteiger partial charge in [-0.05, 0) is 12.1 Å². The summed E-state index contributed by atoms with van der Waals surface area (Å²) in [4.78, 5) is 22.6. The number of carbonyl (C=O) groups excluding carboxylic acids is 2. The molecule has 0 heterocycles. The number of nitrogens with one attached hydrogen (secondary N) is 2. The van der Waals surface area contributed by atoms with Gasteiger partial charge in [0.2, 0.25) is 5.91 Å². The normalized spacial score (nSPS) is 8.94. The fraction of sp³-hybridized carbons (Fsp3) is 0.167.